The maximum atomic E-state index is 4.17. The molecule has 5 heteroatoms. The van der Waals surface area contributed by atoms with E-state index < -0.39 is 0 Å². The second-order valence-corrected chi connectivity index (χ2v) is 3.79. The SMILES string of the molecule is CCN(CC)C1(C)C=Cn2ncnc2N1. The fourth-order valence-electron chi connectivity index (χ4n) is 2.00. The Kier molecular flexibility index (Phi) is 2.48. The minimum Gasteiger partial charge on any atom is -0.333 e. The molecule has 1 N–H and O–H groups in total. The molecule has 82 valence electrons. The number of aromatic nitrogens is 3. The van der Waals surface area contributed by atoms with Crippen LogP contribution in [0.1, 0.15) is 20.8 Å². The zero-order valence-corrected chi connectivity index (χ0v) is 9.44. The van der Waals surface area contributed by atoms with Crippen molar-refractivity contribution in [2.75, 3.05) is 18.4 Å². The highest BCUT2D eigenvalue weighted by Crippen LogP contribution is 2.23. The van der Waals surface area contributed by atoms with Gasteiger partial charge in [-0.25, -0.2) is 4.68 Å². The molecule has 1 atom stereocenters. The Morgan fingerprint density at radius 3 is 2.87 bits per heavy atom. The van der Waals surface area contributed by atoms with E-state index in [9.17, 15) is 0 Å². The Morgan fingerprint density at radius 1 is 1.47 bits per heavy atom. The van der Waals surface area contributed by atoms with Gasteiger partial charge in [0.2, 0.25) is 5.95 Å². The lowest BCUT2D eigenvalue weighted by Gasteiger charge is -2.40. The third-order valence-electron chi connectivity index (χ3n) is 2.90. The van der Waals surface area contributed by atoms with Crippen LogP contribution in [0.3, 0.4) is 0 Å². The van der Waals surface area contributed by atoms with Crippen molar-refractivity contribution in [3.63, 3.8) is 0 Å². The number of fused-ring (bicyclic) bond motifs is 1. The first-order chi connectivity index (χ1) is 7.19. The zero-order chi connectivity index (χ0) is 10.9. The molecular weight excluding hydrogens is 190 g/mol. The van der Waals surface area contributed by atoms with Crippen LogP contribution in [0.2, 0.25) is 0 Å². The van der Waals surface area contributed by atoms with Crippen molar-refractivity contribution in [3.05, 3.63) is 12.4 Å². The van der Waals surface area contributed by atoms with E-state index in [0.29, 0.717) is 0 Å². The minimum absolute atomic E-state index is 0.160. The molecule has 0 saturated heterocycles. The normalized spacial score (nSPS) is 24.0. The number of hydrogen-bond donors (Lipinski definition) is 1. The average molecular weight is 207 g/mol. The van der Waals surface area contributed by atoms with Crippen molar-refractivity contribution in [1.82, 2.24) is 19.7 Å². The van der Waals surface area contributed by atoms with Gasteiger partial charge in [0.25, 0.3) is 0 Å². The Morgan fingerprint density at radius 2 is 2.20 bits per heavy atom. The van der Waals surface area contributed by atoms with Crippen LogP contribution in [0.4, 0.5) is 5.95 Å². The standard InChI is InChI=1S/C10H17N5/c1-4-14(5-2)10(3)6-7-15-9(13-10)11-8-12-15/h6-8H,4-5H2,1-3H3,(H,11,12,13). The second kappa shape index (κ2) is 3.66. The van der Waals surface area contributed by atoms with E-state index in [4.69, 9.17) is 0 Å². The Hall–Kier alpha value is -1.36. The van der Waals surface area contributed by atoms with Crippen LogP contribution in [0, 0.1) is 0 Å². The lowest BCUT2D eigenvalue weighted by molar-refractivity contribution is 0.186. The molecule has 0 saturated carbocycles. The Bertz CT molecular complexity index is 366. The Labute approximate surface area is 89.8 Å². The van der Waals surface area contributed by atoms with Gasteiger partial charge in [0.05, 0.1) is 0 Å². The van der Waals surface area contributed by atoms with Crippen LogP contribution in [0.5, 0.6) is 0 Å². The number of nitrogens with zero attached hydrogens (tertiary/aromatic N) is 4. The molecule has 0 amide bonds. The topological polar surface area (TPSA) is 46.0 Å². The van der Waals surface area contributed by atoms with Gasteiger partial charge in [-0.15, -0.1) is 0 Å². The molecule has 1 unspecified atom stereocenters. The van der Waals surface area contributed by atoms with Crippen LogP contribution < -0.4 is 5.32 Å². The Balaban J connectivity index is 2.27. The zero-order valence-electron chi connectivity index (χ0n) is 9.44. The summed E-state index contributed by atoms with van der Waals surface area (Å²) in [6.45, 7) is 8.46. The molecule has 0 bridgehead atoms. The van der Waals surface area contributed by atoms with E-state index in [1.54, 1.807) is 11.0 Å². The molecule has 15 heavy (non-hydrogen) atoms. The first kappa shape index (κ1) is 10.2. The fraction of sp³-hybridized carbons (Fsp3) is 0.600. The van der Waals surface area contributed by atoms with Crippen molar-refractivity contribution in [3.8, 4) is 0 Å². The quantitative estimate of drug-likeness (QED) is 0.810. The first-order valence-corrected chi connectivity index (χ1v) is 5.31. The number of anilines is 1. The molecule has 0 aromatic carbocycles. The van der Waals surface area contributed by atoms with Gasteiger partial charge in [0.1, 0.15) is 12.0 Å². The summed E-state index contributed by atoms with van der Waals surface area (Å²) in [5, 5.41) is 7.45. The van der Waals surface area contributed by atoms with Gasteiger partial charge < -0.3 is 5.32 Å². The van der Waals surface area contributed by atoms with Gasteiger partial charge >= 0.3 is 0 Å². The molecule has 0 aliphatic carbocycles. The summed E-state index contributed by atoms with van der Waals surface area (Å²) in [4.78, 5) is 6.50. The summed E-state index contributed by atoms with van der Waals surface area (Å²) >= 11 is 0. The summed E-state index contributed by atoms with van der Waals surface area (Å²) in [5.41, 5.74) is -0.160. The fourth-order valence-corrected chi connectivity index (χ4v) is 2.00. The highest BCUT2D eigenvalue weighted by molar-refractivity contribution is 5.47. The van der Waals surface area contributed by atoms with Gasteiger partial charge in [-0.1, -0.05) is 13.8 Å². The molecule has 0 spiro atoms. The summed E-state index contributed by atoms with van der Waals surface area (Å²) in [5.74, 6) is 0.798. The monoisotopic (exact) mass is 207 g/mol. The maximum absolute atomic E-state index is 4.17. The highest BCUT2D eigenvalue weighted by atomic mass is 15.4. The van der Waals surface area contributed by atoms with Crippen LogP contribution in [-0.4, -0.2) is 38.4 Å². The summed E-state index contributed by atoms with van der Waals surface area (Å²) in [7, 11) is 0. The largest absolute Gasteiger partial charge is 0.333 e. The first-order valence-electron chi connectivity index (χ1n) is 5.31. The number of nitrogens with one attached hydrogen (secondary N) is 1. The molecule has 1 aliphatic heterocycles. The van der Waals surface area contributed by atoms with E-state index in [1.807, 2.05) is 6.20 Å². The van der Waals surface area contributed by atoms with E-state index >= 15 is 0 Å². The van der Waals surface area contributed by atoms with Crippen molar-refractivity contribution >= 4 is 12.1 Å². The minimum atomic E-state index is -0.160. The number of likely N-dealkylation sites (N-methyl/N-ethyl adjacent to an activating group) is 1. The van der Waals surface area contributed by atoms with Gasteiger partial charge in [-0.2, -0.15) is 10.1 Å². The van der Waals surface area contributed by atoms with Crippen LogP contribution in [0.25, 0.3) is 6.20 Å². The third kappa shape index (κ3) is 1.63. The summed E-state index contributed by atoms with van der Waals surface area (Å²) in [6, 6.07) is 0. The lowest BCUT2D eigenvalue weighted by atomic mass is 10.1. The molecule has 2 rings (SSSR count). The van der Waals surface area contributed by atoms with Crippen molar-refractivity contribution in [2.45, 2.75) is 26.4 Å². The van der Waals surface area contributed by atoms with Gasteiger partial charge in [0, 0.05) is 6.20 Å². The maximum Gasteiger partial charge on any atom is 0.227 e. The van der Waals surface area contributed by atoms with Crippen molar-refractivity contribution in [2.24, 2.45) is 0 Å². The highest BCUT2D eigenvalue weighted by Gasteiger charge is 2.30. The van der Waals surface area contributed by atoms with E-state index in [2.05, 4.69) is 47.1 Å². The second-order valence-electron chi connectivity index (χ2n) is 3.79. The van der Waals surface area contributed by atoms with Crippen LogP contribution in [-0.2, 0) is 0 Å². The van der Waals surface area contributed by atoms with E-state index in [0.717, 1.165) is 19.0 Å². The van der Waals surface area contributed by atoms with Crippen molar-refractivity contribution < 1.29 is 0 Å². The van der Waals surface area contributed by atoms with Crippen LogP contribution >= 0.6 is 0 Å². The molecule has 2 heterocycles. The van der Waals surface area contributed by atoms with Crippen molar-refractivity contribution in [1.29, 1.82) is 0 Å². The predicted molar refractivity (Wildman–Crippen MR) is 60.3 cm³/mol. The van der Waals surface area contributed by atoms with Gasteiger partial charge in [-0.3, -0.25) is 4.90 Å². The number of rotatable bonds is 3. The number of hydrogen-bond acceptors (Lipinski definition) is 4. The molecule has 1 aliphatic rings. The molecule has 0 fully saturated rings. The smallest absolute Gasteiger partial charge is 0.227 e. The lowest BCUT2D eigenvalue weighted by Crippen LogP contribution is -2.52. The predicted octanol–water partition coefficient (Wildman–Crippen LogP) is 1.23. The third-order valence-corrected chi connectivity index (χ3v) is 2.90. The molecule has 1 aromatic heterocycles. The average Bonchev–Trinajstić information content (AvgIpc) is 2.66. The van der Waals surface area contributed by atoms with Crippen LogP contribution in [0.15, 0.2) is 12.4 Å². The molecule has 0 radical (unpaired) electrons. The van der Waals surface area contributed by atoms with Gasteiger partial charge in [0.15, 0.2) is 0 Å². The van der Waals surface area contributed by atoms with E-state index in [-0.39, 0.29) is 5.66 Å². The van der Waals surface area contributed by atoms with Gasteiger partial charge in [-0.05, 0) is 26.1 Å². The molecular formula is C10H17N5. The summed E-state index contributed by atoms with van der Waals surface area (Å²) < 4.78 is 1.74. The van der Waals surface area contributed by atoms with E-state index in [1.165, 1.54) is 0 Å². The molecule has 5 nitrogen and oxygen atoms in total. The summed E-state index contributed by atoms with van der Waals surface area (Å²) in [6.07, 6.45) is 5.62. The molecule has 1 aromatic rings.